The van der Waals surface area contributed by atoms with Gasteiger partial charge in [-0.15, -0.1) is 0 Å². The van der Waals surface area contributed by atoms with Crippen LogP contribution in [0.25, 0.3) is 0 Å². The molecule has 0 aromatic carbocycles. The minimum absolute atomic E-state index is 0.139. The largest absolute Gasteiger partial charge is 0.351 e. The molecule has 1 unspecified atom stereocenters. The molecule has 2 heteroatoms. The van der Waals surface area contributed by atoms with Gasteiger partial charge in [0.2, 0.25) is 5.91 Å². The van der Waals surface area contributed by atoms with Gasteiger partial charge < -0.3 is 5.32 Å². The fourth-order valence-corrected chi connectivity index (χ4v) is 1.03. The Morgan fingerprint density at radius 1 is 1.33 bits per heavy atom. The van der Waals surface area contributed by atoms with Crippen molar-refractivity contribution in [1.29, 1.82) is 0 Å². The van der Waals surface area contributed by atoms with E-state index >= 15 is 0 Å². The maximum absolute atomic E-state index is 11.5. The molecule has 0 aliphatic heterocycles. The number of hydrogen-bond acceptors (Lipinski definition) is 1. The maximum atomic E-state index is 11.5. The van der Waals surface area contributed by atoms with Crippen LogP contribution in [0.15, 0.2) is 0 Å². The van der Waals surface area contributed by atoms with Crippen molar-refractivity contribution in [2.45, 2.75) is 46.1 Å². The standard InChI is InChI=1S/C10H19NO/c1-7(2)8(3)9(12)11-10(4)5-6-10/h7-8H,5-6H2,1-4H3,(H,11,12). The molecular formula is C10H19NO. The highest BCUT2D eigenvalue weighted by Gasteiger charge is 2.39. The molecule has 1 saturated carbocycles. The molecule has 1 atom stereocenters. The van der Waals surface area contributed by atoms with Gasteiger partial charge in [0.05, 0.1) is 0 Å². The summed E-state index contributed by atoms with van der Waals surface area (Å²) in [5.74, 6) is 0.791. The molecule has 1 rings (SSSR count). The van der Waals surface area contributed by atoms with E-state index in [1.54, 1.807) is 0 Å². The SMILES string of the molecule is CC(C)C(C)C(=O)NC1(C)CC1. The lowest BCUT2D eigenvalue weighted by molar-refractivity contribution is -0.126. The van der Waals surface area contributed by atoms with Gasteiger partial charge in [0.1, 0.15) is 0 Å². The van der Waals surface area contributed by atoms with Gasteiger partial charge in [-0.25, -0.2) is 0 Å². The highest BCUT2D eigenvalue weighted by atomic mass is 16.2. The van der Waals surface area contributed by atoms with Crippen molar-refractivity contribution in [2.24, 2.45) is 11.8 Å². The zero-order valence-corrected chi connectivity index (χ0v) is 8.48. The first-order valence-electron chi connectivity index (χ1n) is 4.77. The van der Waals surface area contributed by atoms with Gasteiger partial charge in [-0.2, -0.15) is 0 Å². The zero-order chi connectivity index (χ0) is 9.35. The molecule has 70 valence electrons. The summed E-state index contributed by atoms with van der Waals surface area (Å²) in [6.07, 6.45) is 2.28. The molecule has 1 aliphatic carbocycles. The Morgan fingerprint density at radius 3 is 2.17 bits per heavy atom. The van der Waals surface area contributed by atoms with Crippen LogP contribution >= 0.6 is 0 Å². The third kappa shape index (κ3) is 2.23. The van der Waals surface area contributed by atoms with Gasteiger partial charge in [-0.05, 0) is 25.7 Å². The lowest BCUT2D eigenvalue weighted by Crippen LogP contribution is -2.39. The Hall–Kier alpha value is -0.530. The first-order valence-corrected chi connectivity index (χ1v) is 4.77. The van der Waals surface area contributed by atoms with Crippen LogP contribution in [0.5, 0.6) is 0 Å². The highest BCUT2D eigenvalue weighted by molar-refractivity contribution is 5.79. The van der Waals surface area contributed by atoms with E-state index < -0.39 is 0 Å². The number of carbonyl (C=O) groups is 1. The van der Waals surface area contributed by atoms with Crippen LogP contribution in [0.4, 0.5) is 0 Å². The van der Waals surface area contributed by atoms with Crippen molar-refractivity contribution in [3.8, 4) is 0 Å². The van der Waals surface area contributed by atoms with Crippen LogP contribution in [0.1, 0.15) is 40.5 Å². The van der Waals surface area contributed by atoms with Crippen LogP contribution in [0.3, 0.4) is 0 Å². The molecule has 2 nitrogen and oxygen atoms in total. The first-order chi connectivity index (χ1) is 5.44. The van der Waals surface area contributed by atoms with Gasteiger partial charge in [-0.1, -0.05) is 20.8 Å². The van der Waals surface area contributed by atoms with Crippen LogP contribution in [0, 0.1) is 11.8 Å². The van der Waals surface area contributed by atoms with Crippen molar-refractivity contribution >= 4 is 5.91 Å². The number of hydrogen-bond donors (Lipinski definition) is 1. The monoisotopic (exact) mass is 169 g/mol. The molecule has 1 aliphatic rings. The lowest BCUT2D eigenvalue weighted by Gasteiger charge is -2.18. The van der Waals surface area contributed by atoms with Crippen molar-refractivity contribution < 1.29 is 4.79 Å². The Balaban J connectivity index is 2.37. The van der Waals surface area contributed by atoms with E-state index in [2.05, 4.69) is 26.1 Å². The average molecular weight is 169 g/mol. The van der Waals surface area contributed by atoms with E-state index in [9.17, 15) is 4.79 Å². The minimum atomic E-state index is 0.139. The number of rotatable bonds is 3. The maximum Gasteiger partial charge on any atom is 0.223 e. The van der Waals surface area contributed by atoms with Crippen LogP contribution in [-0.4, -0.2) is 11.4 Å². The predicted molar refractivity (Wildman–Crippen MR) is 49.8 cm³/mol. The van der Waals surface area contributed by atoms with Gasteiger partial charge in [0.15, 0.2) is 0 Å². The highest BCUT2D eigenvalue weighted by Crippen LogP contribution is 2.34. The van der Waals surface area contributed by atoms with Crippen molar-refractivity contribution in [2.75, 3.05) is 0 Å². The van der Waals surface area contributed by atoms with E-state index in [1.165, 1.54) is 0 Å². The van der Waals surface area contributed by atoms with Crippen molar-refractivity contribution in [3.05, 3.63) is 0 Å². The lowest BCUT2D eigenvalue weighted by atomic mass is 9.97. The third-order valence-corrected chi connectivity index (χ3v) is 2.84. The molecule has 0 heterocycles. The Labute approximate surface area is 74.7 Å². The summed E-state index contributed by atoms with van der Waals surface area (Å²) in [5.41, 5.74) is 0.139. The van der Waals surface area contributed by atoms with Gasteiger partial charge in [0, 0.05) is 11.5 Å². The average Bonchev–Trinajstić information content (AvgIpc) is 2.66. The van der Waals surface area contributed by atoms with E-state index in [0.29, 0.717) is 5.92 Å². The third-order valence-electron chi connectivity index (χ3n) is 2.84. The number of nitrogens with one attached hydrogen (secondary N) is 1. The zero-order valence-electron chi connectivity index (χ0n) is 8.48. The first kappa shape index (κ1) is 9.56. The molecule has 1 N–H and O–H groups in total. The molecule has 0 spiro atoms. The van der Waals surface area contributed by atoms with Crippen molar-refractivity contribution in [1.82, 2.24) is 5.32 Å². The molecular weight excluding hydrogens is 150 g/mol. The Kier molecular flexibility index (Phi) is 2.45. The van der Waals surface area contributed by atoms with E-state index in [-0.39, 0.29) is 17.4 Å². The fraction of sp³-hybridized carbons (Fsp3) is 0.900. The van der Waals surface area contributed by atoms with Crippen LogP contribution < -0.4 is 5.32 Å². The smallest absolute Gasteiger partial charge is 0.223 e. The number of amides is 1. The molecule has 12 heavy (non-hydrogen) atoms. The summed E-state index contributed by atoms with van der Waals surface area (Å²) in [5, 5.41) is 3.07. The van der Waals surface area contributed by atoms with E-state index in [4.69, 9.17) is 0 Å². The molecule has 0 aromatic rings. The molecule has 0 saturated heterocycles. The van der Waals surface area contributed by atoms with Gasteiger partial charge in [-0.3, -0.25) is 4.79 Å². The summed E-state index contributed by atoms with van der Waals surface area (Å²) in [6.45, 7) is 8.27. The Morgan fingerprint density at radius 2 is 1.83 bits per heavy atom. The minimum Gasteiger partial charge on any atom is -0.351 e. The quantitative estimate of drug-likeness (QED) is 0.687. The summed E-state index contributed by atoms with van der Waals surface area (Å²) in [6, 6.07) is 0. The molecule has 0 bridgehead atoms. The molecule has 1 amide bonds. The predicted octanol–water partition coefficient (Wildman–Crippen LogP) is 1.95. The topological polar surface area (TPSA) is 29.1 Å². The summed E-state index contributed by atoms with van der Waals surface area (Å²) >= 11 is 0. The molecule has 1 fully saturated rings. The van der Waals surface area contributed by atoms with Gasteiger partial charge in [0.25, 0.3) is 0 Å². The van der Waals surface area contributed by atoms with Crippen molar-refractivity contribution in [3.63, 3.8) is 0 Å². The van der Waals surface area contributed by atoms with E-state index in [0.717, 1.165) is 12.8 Å². The number of carbonyl (C=O) groups excluding carboxylic acids is 1. The second-order valence-corrected chi connectivity index (χ2v) is 4.58. The summed E-state index contributed by atoms with van der Waals surface area (Å²) < 4.78 is 0. The van der Waals surface area contributed by atoms with Crippen LogP contribution in [0.2, 0.25) is 0 Å². The normalized spacial score (nSPS) is 22.1. The van der Waals surface area contributed by atoms with E-state index in [1.807, 2.05) is 6.92 Å². The second kappa shape index (κ2) is 3.08. The summed E-state index contributed by atoms with van der Waals surface area (Å²) in [7, 11) is 0. The molecule has 0 radical (unpaired) electrons. The van der Waals surface area contributed by atoms with Gasteiger partial charge >= 0.3 is 0 Å². The fourth-order valence-electron chi connectivity index (χ4n) is 1.03. The van der Waals surface area contributed by atoms with Crippen LogP contribution in [-0.2, 0) is 4.79 Å². The molecule has 0 aromatic heterocycles. The second-order valence-electron chi connectivity index (χ2n) is 4.58. The Bertz CT molecular complexity index is 182. The summed E-state index contributed by atoms with van der Waals surface area (Å²) in [4.78, 5) is 11.5.